The van der Waals surface area contributed by atoms with Gasteiger partial charge >= 0.3 is 0 Å². The second-order valence-electron chi connectivity index (χ2n) is 4.94. The Balaban J connectivity index is 1.60. The number of amides is 1. The summed E-state index contributed by atoms with van der Waals surface area (Å²) in [6.07, 6.45) is 3.81. The number of hydrogen-bond acceptors (Lipinski definition) is 4. The normalized spacial score (nSPS) is 16.7. The van der Waals surface area contributed by atoms with Gasteiger partial charge in [-0.15, -0.1) is 11.3 Å². The molecule has 2 aromatic rings. The number of rotatable bonds is 5. The monoisotopic (exact) mass is 345 g/mol. The second-order valence-corrected chi connectivity index (χ2v) is 7.59. The lowest BCUT2D eigenvalue weighted by atomic mass is 10.1. The Labute approximate surface area is 143 Å². The van der Waals surface area contributed by atoms with E-state index >= 15 is 0 Å². The van der Waals surface area contributed by atoms with Crippen molar-refractivity contribution in [2.75, 3.05) is 6.54 Å². The van der Waals surface area contributed by atoms with Gasteiger partial charge in [-0.3, -0.25) is 9.69 Å². The fourth-order valence-electron chi connectivity index (χ4n) is 2.28. The van der Waals surface area contributed by atoms with Crippen molar-refractivity contribution in [2.45, 2.75) is 12.8 Å². The molecule has 1 aliphatic rings. The number of nitrogens with zero attached hydrogens (tertiary/aromatic N) is 1. The first-order valence-electron chi connectivity index (χ1n) is 7.07. The van der Waals surface area contributed by atoms with Crippen LogP contribution in [0.25, 0.3) is 6.08 Å². The van der Waals surface area contributed by atoms with E-state index in [4.69, 9.17) is 12.2 Å². The van der Waals surface area contributed by atoms with E-state index in [0.717, 1.165) is 22.6 Å². The van der Waals surface area contributed by atoms with Crippen molar-refractivity contribution in [3.63, 3.8) is 0 Å². The molecular formula is C17H15NOS3. The second kappa shape index (κ2) is 7.22. The predicted molar refractivity (Wildman–Crippen MR) is 99.0 cm³/mol. The summed E-state index contributed by atoms with van der Waals surface area (Å²) in [5.41, 5.74) is 1.29. The Morgan fingerprint density at radius 2 is 1.95 bits per heavy atom. The molecule has 0 N–H and O–H groups in total. The smallest absolute Gasteiger partial charge is 0.266 e. The number of thioether (sulfide) groups is 1. The van der Waals surface area contributed by atoms with Crippen molar-refractivity contribution in [3.05, 3.63) is 63.2 Å². The van der Waals surface area contributed by atoms with Crippen molar-refractivity contribution < 1.29 is 4.79 Å². The largest absolute Gasteiger partial charge is 0.293 e. The molecule has 3 rings (SSSR count). The van der Waals surface area contributed by atoms with E-state index in [1.807, 2.05) is 41.8 Å². The molecule has 0 bridgehead atoms. The lowest BCUT2D eigenvalue weighted by molar-refractivity contribution is -0.122. The number of thiocarbonyl (C=S) groups is 1. The summed E-state index contributed by atoms with van der Waals surface area (Å²) < 4.78 is 0.667. The van der Waals surface area contributed by atoms with Crippen LogP contribution < -0.4 is 0 Å². The van der Waals surface area contributed by atoms with Crippen molar-refractivity contribution >= 4 is 51.6 Å². The highest BCUT2D eigenvalue weighted by Crippen LogP contribution is 2.33. The summed E-state index contributed by atoms with van der Waals surface area (Å²) in [6.45, 7) is 0.682. The van der Waals surface area contributed by atoms with E-state index in [-0.39, 0.29) is 5.91 Å². The molecule has 1 saturated heterocycles. The molecule has 1 aromatic heterocycles. The maximum Gasteiger partial charge on any atom is 0.266 e. The Kier molecular flexibility index (Phi) is 5.08. The van der Waals surface area contributed by atoms with Gasteiger partial charge in [-0.25, -0.2) is 0 Å². The summed E-state index contributed by atoms with van der Waals surface area (Å²) in [5, 5.41) is 2.01. The number of aryl methyl sites for hydroxylation is 1. The van der Waals surface area contributed by atoms with Gasteiger partial charge in [0.1, 0.15) is 4.32 Å². The van der Waals surface area contributed by atoms with Gasteiger partial charge in [-0.2, -0.15) is 0 Å². The first-order valence-corrected chi connectivity index (χ1v) is 9.17. The van der Waals surface area contributed by atoms with Gasteiger partial charge in [0.05, 0.1) is 4.91 Å². The number of hydrogen-bond donors (Lipinski definition) is 0. The quantitative estimate of drug-likeness (QED) is 0.584. The third-order valence-electron chi connectivity index (χ3n) is 3.38. The predicted octanol–water partition coefficient (Wildman–Crippen LogP) is 4.58. The molecule has 0 atom stereocenters. The lowest BCUT2D eigenvalue weighted by Crippen LogP contribution is -2.29. The van der Waals surface area contributed by atoms with E-state index in [9.17, 15) is 4.79 Å². The molecule has 2 nitrogen and oxygen atoms in total. The summed E-state index contributed by atoms with van der Waals surface area (Å²) >= 11 is 8.38. The molecule has 0 unspecified atom stereocenters. The van der Waals surface area contributed by atoms with Crippen LogP contribution in [-0.2, 0) is 11.2 Å². The summed E-state index contributed by atoms with van der Waals surface area (Å²) in [6, 6.07) is 14.3. The molecule has 1 aromatic carbocycles. The van der Waals surface area contributed by atoms with Gasteiger partial charge in [0, 0.05) is 11.4 Å². The van der Waals surface area contributed by atoms with Crippen LogP contribution in [0.2, 0.25) is 0 Å². The molecule has 0 saturated carbocycles. The van der Waals surface area contributed by atoms with Gasteiger partial charge in [0.15, 0.2) is 0 Å². The number of carbonyl (C=O) groups excluding carboxylic acids is 1. The third-order valence-corrected chi connectivity index (χ3v) is 5.58. The molecule has 1 fully saturated rings. The Morgan fingerprint density at radius 3 is 2.68 bits per heavy atom. The van der Waals surface area contributed by atoms with Crippen molar-refractivity contribution in [1.82, 2.24) is 4.90 Å². The maximum atomic E-state index is 12.4. The number of benzene rings is 1. The Hall–Kier alpha value is -1.43. The average molecular weight is 346 g/mol. The van der Waals surface area contributed by atoms with Gasteiger partial charge in [0.2, 0.25) is 0 Å². The molecule has 1 amide bonds. The molecule has 2 heterocycles. The minimum atomic E-state index is 0.0384. The number of thiophene rings is 1. The van der Waals surface area contributed by atoms with Crippen LogP contribution >= 0.6 is 35.3 Å². The molecule has 0 aliphatic carbocycles. The lowest BCUT2D eigenvalue weighted by Gasteiger charge is -2.14. The fourth-order valence-corrected chi connectivity index (χ4v) is 4.31. The SMILES string of the molecule is O=C1/C(=C/c2cccs2)SC(=S)N1CCCc1ccccc1. The molecule has 22 heavy (non-hydrogen) atoms. The van der Waals surface area contributed by atoms with Crippen LogP contribution in [0, 0.1) is 0 Å². The zero-order valence-electron chi connectivity index (χ0n) is 11.9. The first-order chi connectivity index (χ1) is 10.7. The van der Waals surface area contributed by atoms with Crippen molar-refractivity contribution in [3.8, 4) is 0 Å². The summed E-state index contributed by atoms with van der Waals surface area (Å²) in [4.78, 5) is 16.0. The minimum absolute atomic E-state index is 0.0384. The summed E-state index contributed by atoms with van der Waals surface area (Å²) in [5.74, 6) is 0.0384. The average Bonchev–Trinajstić information content (AvgIpc) is 3.12. The molecular weight excluding hydrogens is 330 g/mol. The highest BCUT2D eigenvalue weighted by molar-refractivity contribution is 8.26. The third kappa shape index (κ3) is 3.66. The van der Waals surface area contributed by atoms with E-state index < -0.39 is 0 Å². The summed E-state index contributed by atoms with van der Waals surface area (Å²) in [7, 11) is 0. The Bertz CT molecular complexity index is 692. The van der Waals surface area contributed by atoms with E-state index in [1.54, 1.807) is 16.2 Å². The van der Waals surface area contributed by atoms with Crippen LogP contribution in [0.15, 0.2) is 52.7 Å². The standard InChI is InChI=1S/C17H15NOS3/c19-16-15(12-14-9-5-11-21-14)22-17(20)18(16)10-4-8-13-6-2-1-3-7-13/h1-3,5-7,9,11-12H,4,8,10H2/b15-12-. The Morgan fingerprint density at radius 1 is 1.14 bits per heavy atom. The molecule has 0 spiro atoms. The first kappa shape index (κ1) is 15.5. The zero-order valence-corrected chi connectivity index (χ0v) is 14.3. The van der Waals surface area contributed by atoms with Crippen LogP contribution in [0.1, 0.15) is 16.9 Å². The van der Waals surface area contributed by atoms with E-state index in [2.05, 4.69) is 12.1 Å². The molecule has 5 heteroatoms. The minimum Gasteiger partial charge on any atom is -0.293 e. The molecule has 0 radical (unpaired) electrons. The van der Waals surface area contributed by atoms with Crippen LogP contribution in [0.3, 0.4) is 0 Å². The highest BCUT2D eigenvalue weighted by atomic mass is 32.2. The highest BCUT2D eigenvalue weighted by Gasteiger charge is 2.31. The van der Waals surface area contributed by atoms with Crippen LogP contribution in [0.5, 0.6) is 0 Å². The molecule has 1 aliphatic heterocycles. The van der Waals surface area contributed by atoms with Gasteiger partial charge in [-0.1, -0.05) is 60.4 Å². The van der Waals surface area contributed by atoms with Crippen molar-refractivity contribution in [2.24, 2.45) is 0 Å². The zero-order chi connectivity index (χ0) is 15.4. The fraction of sp³-hybridized carbons (Fsp3) is 0.176. The van der Waals surface area contributed by atoms with Gasteiger partial charge < -0.3 is 0 Å². The molecule has 112 valence electrons. The van der Waals surface area contributed by atoms with Gasteiger partial charge in [-0.05, 0) is 35.9 Å². The van der Waals surface area contributed by atoms with Crippen LogP contribution in [-0.4, -0.2) is 21.7 Å². The van der Waals surface area contributed by atoms with Crippen molar-refractivity contribution in [1.29, 1.82) is 0 Å². The van der Waals surface area contributed by atoms with E-state index in [0.29, 0.717) is 10.9 Å². The maximum absolute atomic E-state index is 12.4. The van der Waals surface area contributed by atoms with Crippen LogP contribution in [0.4, 0.5) is 0 Å². The van der Waals surface area contributed by atoms with E-state index in [1.165, 1.54) is 17.3 Å². The van der Waals surface area contributed by atoms with Gasteiger partial charge in [0.25, 0.3) is 5.91 Å². The number of carbonyl (C=O) groups is 1. The topological polar surface area (TPSA) is 20.3 Å².